The van der Waals surface area contributed by atoms with Gasteiger partial charge in [-0.3, -0.25) is 4.79 Å². The largest absolute Gasteiger partial charge is 0.484 e. The van der Waals surface area contributed by atoms with Crippen LogP contribution in [0.1, 0.15) is 5.82 Å². The van der Waals surface area contributed by atoms with E-state index >= 15 is 0 Å². The van der Waals surface area contributed by atoms with Crippen LogP contribution in [0, 0.1) is 6.92 Å². The average Bonchev–Trinajstić information content (AvgIpc) is 3.15. The van der Waals surface area contributed by atoms with E-state index in [2.05, 4.69) is 15.5 Å². The fourth-order valence-electron chi connectivity index (χ4n) is 1.83. The van der Waals surface area contributed by atoms with Crippen molar-refractivity contribution in [2.75, 3.05) is 11.9 Å². The molecule has 0 aliphatic heterocycles. The van der Waals surface area contributed by atoms with Crippen molar-refractivity contribution in [2.45, 2.75) is 6.92 Å². The molecule has 3 rings (SSSR count). The number of amides is 1. The lowest BCUT2D eigenvalue weighted by Crippen LogP contribution is -2.20. The molecule has 6 nitrogen and oxygen atoms in total. The van der Waals surface area contributed by atoms with Gasteiger partial charge in [0.2, 0.25) is 0 Å². The molecule has 8 heteroatoms. The predicted octanol–water partition coefficient (Wildman–Crippen LogP) is 3.78. The van der Waals surface area contributed by atoms with E-state index in [-0.39, 0.29) is 12.5 Å². The SMILES string of the molecule is Cc1noc(-c2sccc2NC(=O)COc2ccc(Cl)cc2)n1. The first-order chi connectivity index (χ1) is 11.1. The molecule has 1 N–H and O–H groups in total. The van der Waals surface area contributed by atoms with Crippen LogP contribution in [-0.2, 0) is 4.79 Å². The molecule has 0 aliphatic carbocycles. The quantitative estimate of drug-likeness (QED) is 0.758. The number of carbonyl (C=O) groups excluding carboxylic acids is 1. The first-order valence-corrected chi connectivity index (χ1v) is 7.94. The number of benzene rings is 1. The third-order valence-corrected chi connectivity index (χ3v) is 4.00. The topological polar surface area (TPSA) is 77.2 Å². The summed E-state index contributed by atoms with van der Waals surface area (Å²) < 4.78 is 10.5. The second-order valence-corrected chi connectivity index (χ2v) is 5.95. The number of hydrogen-bond acceptors (Lipinski definition) is 6. The number of carbonyl (C=O) groups is 1. The Morgan fingerprint density at radius 1 is 1.35 bits per heavy atom. The van der Waals surface area contributed by atoms with Crippen LogP contribution in [0.5, 0.6) is 5.75 Å². The van der Waals surface area contributed by atoms with Gasteiger partial charge in [-0.1, -0.05) is 16.8 Å². The van der Waals surface area contributed by atoms with Crippen LogP contribution in [0.2, 0.25) is 5.02 Å². The van der Waals surface area contributed by atoms with E-state index in [4.69, 9.17) is 20.9 Å². The smallest absolute Gasteiger partial charge is 0.270 e. The van der Waals surface area contributed by atoms with Crippen LogP contribution in [-0.4, -0.2) is 22.7 Å². The van der Waals surface area contributed by atoms with Crippen LogP contribution in [0.3, 0.4) is 0 Å². The molecule has 1 amide bonds. The number of nitrogens with zero attached hydrogens (tertiary/aromatic N) is 2. The number of ether oxygens (including phenoxy) is 1. The van der Waals surface area contributed by atoms with Crippen molar-refractivity contribution >= 4 is 34.5 Å². The normalized spacial score (nSPS) is 10.5. The molecule has 0 fully saturated rings. The Morgan fingerprint density at radius 3 is 2.83 bits per heavy atom. The Hall–Kier alpha value is -2.38. The van der Waals surface area contributed by atoms with Gasteiger partial charge in [0, 0.05) is 5.02 Å². The maximum Gasteiger partial charge on any atom is 0.270 e. The van der Waals surface area contributed by atoms with Gasteiger partial charge in [-0.2, -0.15) is 4.98 Å². The van der Waals surface area contributed by atoms with Crippen molar-refractivity contribution in [1.82, 2.24) is 10.1 Å². The molecule has 2 heterocycles. The van der Waals surface area contributed by atoms with E-state index in [1.165, 1.54) is 11.3 Å². The molecule has 0 aliphatic rings. The lowest BCUT2D eigenvalue weighted by atomic mass is 10.3. The minimum Gasteiger partial charge on any atom is -0.484 e. The molecule has 0 unspecified atom stereocenters. The van der Waals surface area contributed by atoms with E-state index < -0.39 is 0 Å². The lowest BCUT2D eigenvalue weighted by molar-refractivity contribution is -0.118. The molecule has 1 aromatic carbocycles. The lowest BCUT2D eigenvalue weighted by Gasteiger charge is -2.07. The molecule has 118 valence electrons. The predicted molar refractivity (Wildman–Crippen MR) is 87.9 cm³/mol. The average molecular weight is 350 g/mol. The molecule has 0 bridgehead atoms. The summed E-state index contributed by atoms with van der Waals surface area (Å²) in [5.74, 6) is 1.21. The van der Waals surface area contributed by atoms with Gasteiger partial charge in [-0.25, -0.2) is 0 Å². The highest BCUT2D eigenvalue weighted by Gasteiger charge is 2.15. The summed E-state index contributed by atoms with van der Waals surface area (Å²) in [6, 6.07) is 8.58. The fourth-order valence-corrected chi connectivity index (χ4v) is 2.72. The Bertz CT molecular complexity index is 813. The molecular weight excluding hydrogens is 338 g/mol. The molecule has 0 radical (unpaired) electrons. The highest BCUT2D eigenvalue weighted by molar-refractivity contribution is 7.14. The van der Waals surface area contributed by atoms with E-state index in [0.717, 1.165) is 0 Å². The number of anilines is 1. The second-order valence-electron chi connectivity index (χ2n) is 4.60. The van der Waals surface area contributed by atoms with Crippen molar-refractivity contribution in [3.05, 3.63) is 46.6 Å². The van der Waals surface area contributed by atoms with Gasteiger partial charge in [0.25, 0.3) is 11.8 Å². The summed E-state index contributed by atoms with van der Waals surface area (Å²) in [4.78, 5) is 16.9. The van der Waals surface area contributed by atoms with Gasteiger partial charge in [0.05, 0.1) is 5.69 Å². The molecule has 0 saturated heterocycles. The van der Waals surface area contributed by atoms with Crippen molar-refractivity contribution < 1.29 is 14.1 Å². The summed E-state index contributed by atoms with van der Waals surface area (Å²) in [6.45, 7) is 1.62. The van der Waals surface area contributed by atoms with Crippen molar-refractivity contribution in [2.24, 2.45) is 0 Å². The molecule has 0 saturated carbocycles. The number of nitrogens with one attached hydrogen (secondary N) is 1. The zero-order valence-corrected chi connectivity index (χ0v) is 13.6. The van der Waals surface area contributed by atoms with Crippen molar-refractivity contribution in [3.8, 4) is 16.5 Å². The highest BCUT2D eigenvalue weighted by Crippen LogP contribution is 2.32. The maximum absolute atomic E-state index is 12.0. The number of thiophene rings is 1. The molecule has 0 spiro atoms. The number of hydrogen-bond donors (Lipinski definition) is 1. The first-order valence-electron chi connectivity index (χ1n) is 6.68. The summed E-state index contributed by atoms with van der Waals surface area (Å²) in [5, 5.41) is 8.97. The van der Waals surface area contributed by atoms with Crippen LogP contribution in [0.4, 0.5) is 5.69 Å². The summed E-state index contributed by atoms with van der Waals surface area (Å²) >= 11 is 7.20. The highest BCUT2D eigenvalue weighted by atomic mass is 35.5. The zero-order valence-electron chi connectivity index (χ0n) is 12.1. The molecule has 2 aromatic heterocycles. The van der Waals surface area contributed by atoms with E-state index in [0.29, 0.717) is 33.1 Å². The van der Waals surface area contributed by atoms with E-state index in [9.17, 15) is 4.79 Å². The first kappa shape index (κ1) is 15.5. The Morgan fingerprint density at radius 2 is 2.13 bits per heavy atom. The number of aryl methyl sites for hydroxylation is 1. The second kappa shape index (κ2) is 6.80. The van der Waals surface area contributed by atoms with Gasteiger partial charge < -0.3 is 14.6 Å². The van der Waals surface area contributed by atoms with Gasteiger partial charge >= 0.3 is 0 Å². The zero-order chi connectivity index (χ0) is 16.2. The monoisotopic (exact) mass is 349 g/mol. The standard InChI is InChI=1S/C15H12ClN3O3S/c1-9-17-15(22-19-9)14-12(6-7-23-14)18-13(20)8-21-11-4-2-10(16)3-5-11/h2-7H,8H2,1H3,(H,18,20). The van der Waals surface area contributed by atoms with Crippen LogP contribution >= 0.6 is 22.9 Å². The van der Waals surface area contributed by atoms with Crippen LogP contribution in [0.25, 0.3) is 10.8 Å². The van der Waals surface area contributed by atoms with Crippen molar-refractivity contribution in [1.29, 1.82) is 0 Å². The third kappa shape index (κ3) is 3.88. The van der Waals surface area contributed by atoms with Gasteiger partial charge in [-0.05, 0) is 42.6 Å². The number of halogens is 1. The molecule has 23 heavy (non-hydrogen) atoms. The minimum absolute atomic E-state index is 0.111. The fraction of sp³-hybridized carbons (Fsp3) is 0.133. The Kier molecular flexibility index (Phi) is 4.59. The molecule has 3 aromatic rings. The molecule has 0 atom stereocenters. The summed E-state index contributed by atoms with van der Waals surface area (Å²) in [6.07, 6.45) is 0. The van der Waals surface area contributed by atoms with Crippen molar-refractivity contribution in [3.63, 3.8) is 0 Å². The number of aromatic nitrogens is 2. The van der Waals surface area contributed by atoms with E-state index in [1.54, 1.807) is 37.3 Å². The van der Waals surface area contributed by atoms with Crippen LogP contribution in [0.15, 0.2) is 40.2 Å². The Labute approximate surface area is 141 Å². The number of rotatable bonds is 5. The Balaban J connectivity index is 1.62. The summed E-state index contributed by atoms with van der Waals surface area (Å²) in [7, 11) is 0. The van der Waals surface area contributed by atoms with Crippen LogP contribution < -0.4 is 10.1 Å². The minimum atomic E-state index is -0.282. The third-order valence-electron chi connectivity index (χ3n) is 2.84. The van der Waals surface area contributed by atoms with Gasteiger partial charge in [-0.15, -0.1) is 11.3 Å². The molecular formula is C15H12ClN3O3S. The van der Waals surface area contributed by atoms with E-state index in [1.807, 2.05) is 5.38 Å². The van der Waals surface area contributed by atoms with Gasteiger partial charge in [0.1, 0.15) is 10.6 Å². The summed E-state index contributed by atoms with van der Waals surface area (Å²) in [5.41, 5.74) is 0.614. The maximum atomic E-state index is 12.0. The van der Waals surface area contributed by atoms with Gasteiger partial charge in [0.15, 0.2) is 12.4 Å².